The molecule has 0 unspecified atom stereocenters. The maximum absolute atomic E-state index is 10.3. The van der Waals surface area contributed by atoms with Crippen LogP contribution < -0.4 is 0 Å². The van der Waals surface area contributed by atoms with E-state index in [0.717, 1.165) is 38.5 Å². The van der Waals surface area contributed by atoms with Gasteiger partial charge in [0.05, 0.1) is 0 Å². The number of hydrogen-bond donors (Lipinski definition) is 2. The first-order valence-corrected chi connectivity index (χ1v) is 7.06. The van der Waals surface area contributed by atoms with E-state index in [4.69, 9.17) is 10.2 Å². The summed E-state index contributed by atoms with van der Waals surface area (Å²) in [4.78, 5) is 20.5. The van der Waals surface area contributed by atoms with E-state index in [-0.39, 0.29) is 103 Å². The van der Waals surface area contributed by atoms with Gasteiger partial charge in [0, 0.05) is 12.8 Å². The van der Waals surface area contributed by atoms with Gasteiger partial charge in [-0.1, -0.05) is 51.4 Å². The molecule has 0 aliphatic rings. The summed E-state index contributed by atoms with van der Waals surface area (Å²) in [5.41, 5.74) is 0. The van der Waals surface area contributed by atoms with Crippen LogP contribution in [0.15, 0.2) is 0 Å². The van der Waals surface area contributed by atoms with Crippen molar-refractivity contribution >= 4 is 115 Å². The Bertz CT molecular complexity index is 211. The first kappa shape index (κ1) is 27.1. The van der Waals surface area contributed by atoms with Crippen LogP contribution in [-0.2, 0) is 9.59 Å². The van der Waals surface area contributed by atoms with Crippen molar-refractivity contribution in [3.63, 3.8) is 0 Å². The Morgan fingerprint density at radius 2 is 0.700 bits per heavy atom. The monoisotopic (exact) mass is 338 g/mol. The minimum atomic E-state index is -0.698. The van der Waals surface area contributed by atoms with Gasteiger partial charge in [0.2, 0.25) is 0 Å². The van der Waals surface area contributed by atoms with E-state index in [0.29, 0.717) is 12.8 Å². The Balaban J connectivity index is -0.00000144. The van der Waals surface area contributed by atoms with Crippen molar-refractivity contribution < 1.29 is 19.8 Å². The Kier molecular flexibility index (Phi) is 28.7. The molecule has 6 heteroatoms. The number of aliphatic carboxylic acids is 2. The van der Waals surface area contributed by atoms with Gasteiger partial charge in [-0.3, -0.25) is 9.59 Å². The van der Waals surface area contributed by atoms with E-state index in [2.05, 4.69) is 0 Å². The summed E-state index contributed by atoms with van der Waals surface area (Å²) >= 11 is 0. The van der Waals surface area contributed by atoms with E-state index < -0.39 is 11.9 Å². The van der Waals surface area contributed by atoms with Gasteiger partial charge in [0.15, 0.2) is 0 Å². The van der Waals surface area contributed by atoms with E-state index in [1.54, 1.807) is 0 Å². The van der Waals surface area contributed by atoms with Crippen molar-refractivity contribution in [2.75, 3.05) is 0 Å². The van der Waals surface area contributed by atoms with Crippen molar-refractivity contribution in [1.29, 1.82) is 0 Å². The molecular weight excluding hydrogens is 310 g/mol. The normalized spacial score (nSPS) is 9.40. The van der Waals surface area contributed by atoms with Crippen LogP contribution in [0.3, 0.4) is 0 Å². The molecule has 0 saturated carbocycles. The van der Waals surface area contributed by atoms with Gasteiger partial charge < -0.3 is 10.2 Å². The number of carboxylic acids is 2. The van der Waals surface area contributed by atoms with Crippen LogP contribution in [0.25, 0.3) is 0 Å². The van der Waals surface area contributed by atoms with Gasteiger partial charge in [0.25, 0.3) is 0 Å². The molecule has 2 N–H and O–H groups in total. The number of rotatable bonds is 13. The quantitative estimate of drug-likeness (QED) is 0.400. The van der Waals surface area contributed by atoms with Crippen LogP contribution in [-0.4, -0.2) is 125 Å². The Morgan fingerprint density at radius 1 is 0.500 bits per heavy atom. The van der Waals surface area contributed by atoms with E-state index in [9.17, 15) is 9.59 Å². The zero-order valence-corrected chi connectivity index (χ0v) is 11.2. The predicted octanol–water partition coefficient (Wildman–Crippen LogP) is 2.54. The summed E-state index contributed by atoms with van der Waals surface area (Å²) in [6.45, 7) is 0. The molecule has 4 nitrogen and oxygen atoms in total. The van der Waals surface area contributed by atoms with Crippen LogP contribution in [0, 0.1) is 0 Å². The second-order valence-corrected chi connectivity index (χ2v) is 4.82. The molecule has 0 bridgehead atoms. The SMILES string of the molecule is O=C(O)CCCCCCCCCCCCC(=O)O.[KH].[KH]. The van der Waals surface area contributed by atoms with Crippen molar-refractivity contribution in [1.82, 2.24) is 0 Å². The molecule has 0 spiro atoms. The summed E-state index contributed by atoms with van der Waals surface area (Å²) in [7, 11) is 0. The third kappa shape index (κ3) is 25.2. The zero-order valence-electron chi connectivity index (χ0n) is 11.2. The fourth-order valence-corrected chi connectivity index (χ4v) is 1.97. The number of carboxylic acid groups (broad SMARTS) is 2. The Hall–Kier alpha value is 2.21. The van der Waals surface area contributed by atoms with E-state index in [1.165, 1.54) is 25.7 Å². The van der Waals surface area contributed by atoms with Crippen LogP contribution >= 0.6 is 0 Å². The fourth-order valence-electron chi connectivity index (χ4n) is 1.97. The van der Waals surface area contributed by atoms with Crippen molar-refractivity contribution in [2.45, 2.75) is 77.0 Å². The summed E-state index contributed by atoms with van der Waals surface area (Å²) in [5, 5.41) is 16.9. The van der Waals surface area contributed by atoms with Crippen molar-refractivity contribution in [3.05, 3.63) is 0 Å². The third-order valence-electron chi connectivity index (χ3n) is 3.03. The molecule has 0 saturated heterocycles. The van der Waals surface area contributed by atoms with Crippen LogP contribution in [0.1, 0.15) is 77.0 Å². The first-order valence-electron chi connectivity index (χ1n) is 7.06. The average Bonchev–Trinajstić information content (AvgIpc) is 2.29. The van der Waals surface area contributed by atoms with Crippen LogP contribution in [0.5, 0.6) is 0 Å². The molecule has 0 radical (unpaired) electrons. The molecule has 0 heterocycles. The number of hydrogen-bond acceptors (Lipinski definition) is 2. The zero-order chi connectivity index (χ0) is 13.6. The van der Waals surface area contributed by atoms with Gasteiger partial charge in [0.1, 0.15) is 0 Å². The molecule has 0 aliphatic carbocycles. The summed E-state index contributed by atoms with van der Waals surface area (Å²) in [6.07, 6.45) is 11.3. The van der Waals surface area contributed by atoms with Gasteiger partial charge in [-0.15, -0.1) is 0 Å². The molecule has 0 fully saturated rings. The van der Waals surface area contributed by atoms with Gasteiger partial charge in [-0.05, 0) is 12.8 Å². The molecule has 0 rings (SSSR count). The summed E-state index contributed by atoms with van der Waals surface area (Å²) in [6, 6.07) is 0. The molecule has 0 aromatic heterocycles. The topological polar surface area (TPSA) is 74.6 Å². The second kappa shape index (κ2) is 21.2. The molecular formula is C14H28K2O4. The first-order chi connectivity index (χ1) is 8.63. The maximum atomic E-state index is 10.3. The van der Waals surface area contributed by atoms with E-state index >= 15 is 0 Å². The number of unbranched alkanes of at least 4 members (excludes halogenated alkanes) is 9. The standard InChI is InChI=1S/C14H26O4.2K.2H/c15-13(16)11-9-7-5-3-1-2-4-6-8-10-12-14(17)18;;;;/h1-12H2,(H,15,16)(H,17,18);;;;. The Labute approximate surface area is 207 Å². The molecule has 20 heavy (non-hydrogen) atoms. The predicted molar refractivity (Wildman–Crippen MR) is 85.0 cm³/mol. The summed E-state index contributed by atoms with van der Waals surface area (Å²) in [5.74, 6) is -1.40. The van der Waals surface area contributed by atoms with Gasteiger partial charge in [-0.2, -0.15) is 0 Å². The number of carbonyl (C=O) groups is 2. The minimum absolute atomic E-state index is 0. The van der Waals surface area contributed by atoms with Crippen LogP contribution in [0.4, 0.5) is 0 Å². The second-order valence-electron chi connectivity index (χ2n) is 4.82. The molecule has 110 valence electrons. The van der Waals surface area contributed by atoms with Gasteiger partial charge in [-0.25, -0.2) is 0 Å². The molecule has 0 amide bonds. The molecule has 0 aromatic carbocycles. The van der Waals surface area contributed by atoms with E-state index in [1.807, 2.05) is 0 Å². The summed E-state index contributed by atoms with van der Waals surface area (Å²) < 4.78 is 0. The van der Waals surface area contributed by atoms with Crippen molar-refractivity contribution in [2.24, 2.45) is 0 Å². The molecule has 0 aliphatic heterocycles. The fraction of sp³-hybridized carbons (Fsp3) is 0.857. The Morgan fingerprint density at radius 3 is 0.900 bits per heavy atom. The van der Waals surface area contributed by atoms with Crippen LogP contribution in [0.2, 0.25) is 0 Å². The van der Waals surface area contributed by atoms with Crippen molar-refractivity contribution in [3.8, 4) is 0 Å². The third-order valence-corrected chi connectivity index (χ3v) is 3.03. The molecule has 0 atom stereocenters. The molecule has 0 aromatic rings. The van der Waals surface area contributed by atoms with Gasteiger partial charge >= 0.3 is 115 Å². The average molecular weight is 339 g/mol.